The Kier molecular flexibility index (Phi) is 4.49. The molecule has 2 aromatic rings. The molecular weight excluding hydrogens is 488 g/mol. The fraction of sp³-hybridized carbons (Fsp3) is 0.562. The van der Waals surface area contributed by atoms with Gasteiger partial charge < -0.3 is 15.6 Å². The van der Waals surface area contributed by atoms with Crippen molar-refractivity contribution >= 4 is 64.8 Å². The quantitative estimate of drug-likeness (QED) is 0.566. The third-order valence-corrected chi connectivity index (χ3v) is 8.56. The first-order valence-corrected chi connectivity index (χ1v) is 10.5. The number of nitrogens with two attached hydrogens (primary N) is 1. The molecule has 0 spiro atoms. The van der Waals surface area contributed by atoms with E-state index in [0.29, 0.717) is 6.04 Å². The Labute approximate surface area is 161 Å². The van der Waals surface area contributed by atoms with Crippen LogP contribution in [-0.2, 0) is 13.0 Å². The van der Waals surface area contributed by atoms with Gasteiger partial charge in [-0.1, -0.05) is 12.8 Å². The van der Waals surface area contributed by atoms with Crippen LogP contribution in [0.2, 0.25) is 0 Å². The normalized spacial score (nSPS) is 24.2. The van der Waals surface area contributed by atoms with Gasteiger partial charge in [0.05, 0.1) is 9.99 Å². The fourth-order valence-corrected chi connectivity index (χ4v) is 5.58. The number of nitrogens with zero attached hydrogens (tertiary/aromatic N) is 2. The van der Waals surface area contributed by atoms with E-state index in [1.54, 1.807) is 0 Å². The van der Waals surface area contributed by atoms with Gasteiger partial charge in [-0.25, -0.2) is 4.98 Å². The average Bonchev–Trinajstić information content (AvgIpc) is 2.93. The van der Waals surface area contributed by atoms with Crippen molar-refractivity contribution in [2.75, 3.05) is 5.32 Å². The van der Waals surface area contributed by atoms with Gasteiger partial charge in [-0.05, 0) is 79.0 Å². The number of aryl methyl sites for hydroxylation is 2. The topological polar surface area (TPSA) is 55.9 Å². The Hall–Kier alpha value is -0.110. The molecule has 0 saturated heterocycles. The highest BCUT2D eigenvalue weighted by atomic mass is 79.9. The summed E-state index contributed by atoms with van der Waals surface area (Å²) in [7, 11) is 0. The molecule has 1 aromatic carbocycles. The molecule has 7 heteroatoms. The zero-order chi connectivity index (χ0) is 16.1. The number of anilines is 1. The number of rotatable bonds is 2. The maximum absolute atomic E-state index is 6.31. The number of hydrogen-bond donors (Lipinski definition) is 2. The van der Waals surface area contributed by atoms with Gasteiger partial charge in [0.15, 0.2) is 0 Å². The molecule has 1 fully saturated rings. The molecule has 3 N–H and O–H groups in total. The molecule has 23 heavy (non-hydrogen) atoms. The molecule has 2 atom stereocenters. The summed E-state index contributed by atoms with van der Waals surface area (Å²) in [6.07, 6.45) is 6.94. The van der Waals surface area contributed by atoms with Gasteiger partial charge in [-0.3, -0.25) is 0 Å². The van der Waals surface area contributed by atoms with Crippen LogP contribution in [0.1, 0.15) is 37.7 Å². The lowest BCUT2D eigenvalue weighted by Crippen LogP contribution is -2.43. The number of hydrogen-bond acceptors (Lipinski definition) is 3. The van der Waals surface area contributed by atoms with Crippen LogP contribution >= 0.6 is 47.8 Å². The maximum atomic E-state index is 6.31. The Morgan fingerprint density at radius 1 is 1.04 bits per heavy atom. The summed E-state index contributed by atoms with van der Waals surface area (Å²) in [6, 6.07) is 0.550. The van der Waals surface area contributed by atoms with Gasteiger partial charge in [0.2, 0.25) is 5.95 Å². The predicted molar refractivity (Wildman–Crippen MR) is 105 cm³/mol. The average molecular weight is 507 g/mol. The highest BCUT2D eigenvalue weighted by Gasteiger charge is 2.28. The summed E-state index contributed by atoms with van der Waals surface area (Å²) in [4.78, 5) is 4.91. The third kappa shape index (κ3) is 2.68. The number of imidazole rings is 1. The minimum absolute atomic E-state index is 0.223. The molecule has 1 aromatic heterocycles. The van der Waals surface area contributed by atoms with Crippen LogP contribution in [0.4, 0.5) is 5.95 Å². The molecule has 124 valence electrons. The fourth-order valence-electron chi connectivity index (χ4n) is 3.82. The smallest absolute Gasteiger partial charge is 0.204 e. The molecule has 0 unspecified atom stereocenters. The van der Waals surface area contributed by atoms with Gasteiger partial charge in [-0.2, -0.15) is 0 Å². The Morgan fingerprint density at radius 2 is 1.83 bits per heavy atom. The molecule has 1 aliphatic heterocycles. The van der Waals surface area contributed by atoms with Gasteiger partial charge in [-0.15, -0.1) is 0 Å². The van der Waals surface area contributed by atoms with Crippen molar-refractivity contribution in [1.82, 2.24) is 9.55 Å². The van der Waals surface area contributed by atoms with Crippen molar-refractivity contribution in [2.45, 2.75) is 57.2 Å². The van der Waals surface area contributed by atoms with Crippen molar-refractivity contribution < 1.29 is 0 Å². The molecule has 1 aliphatic carbocycles. The molecule has 0 bridgehead atoms. The van der Waals surface area contributed by atoms with Crippen LogP contribution in [0.5, 0.6) is 0 Å². The van der Waals surface area contributed by atoms with E-state index in [1.165, 1.54) is 23.9 Å². The van der Waals surface area contributed by atoms with Crippen molar-refractivity contribution in [1.29, 1.82) is 0 Å². The van der Waals surface area contributed by atoms with Crippen LogP contribution in [-0.4, -0.2) is 21.6 Å². The van der Waals surface area contributed by atoms with E-state index in [2.05, 4.69) is 57.7 Å². The minimum Gasteiger partial charge on any atom is -0.351 e. The summed E-state index contributed by atoms with van der Waals surface area (Å²) in [5.74, 6) is 0.967. The molecule has 4 rings (SSSR count). The van der Waals surface area contributed by atoms with E-state index >= 15 is 0 Å². The van der Waals surface area contributed by atoms with Crippen LogP contribution in [0.15, 0.2) is 13.4 Å². The zero-order valence-corrected chi connectivity index (χ0v) is 17.5. The van der Waals surface area contributed by atoms with Crippen molar-refractivity contribution in [3.63, 3.8) is 0 Å². The largest absolute Gasteiger partial charge is 0.351 e. The molecule has 2 aliphatic rings. The zero-order valence-electron chi connectivity index (χ0n) is 12.7. The van der Waals surface area contributed by atoms with Crippen molar-refractivity contribution in [2.24, 2.45) is 5.73 Å². The monoisotopic (exact) mass is 504 g/mol. The van der Waals surface area contributed by atoms with E-state index in [-0.39, 0.29) is 6.04 Å². The maximum Gasteiger partial charge on any atom is 0.204 e. The number of benzene rings is 1. The second-order valence-corrected chi connectivity index (χ2v) is 8.89. The lowest BCUT2D eigenvalue weighted by Gasteiger charge is -2.30. The number of halogens is 3. The summed E-state index contributed by atoms with van der Waals surface area (Å²) in [6.45, 7) is 1.01. The van der Waals surface area contributed by atoms with E-state index in [9.17, 15) is 0 Å². The third-order valence-electron chi connectivity index (χ3n) is 5.05. The first-order chi connectivity index (χ1) is 11.1. The Balaban J connectivity index is 1.83. The molecule has 0 amide bonds. The van der Waals surface area contributed by atoms with Crippen molar-refractivity contribution in [3.8, 4) is 0 Å². The Morgan fingerprint density at radius 3 is 2.61 bits per heavy atom. The second-order valence-electron chi connectivity index (χ2n) is 6.51. The number of nitrogens with one attached hydrogen (secondary N) is 1. The highest BCUT2D eigenvalue weighted by molar-refractivity contribution is 9.14. The van der Waals surface area contributed by atoms with E-state index in [4.69, 9.17) is 10.7 Å². The van der Waals surface area contributed by atoms with Crippen LogP contribution in [0.25, 0.3) is 11.0 Å². The van der Waals surface area contributed by atoms with Crippen LogP contribution < -0.4 is 11.1 Å². The lowest BCUT2D eigenvalue weighted by atomic mass is 9.91. The number of aromatic nitrogens is 2. The van der Waals surface area contributed by atoms with Crippen LogP contribution in [0, 0.1) is 0 Å². The molecule has 2 heterocycles. The summed E-state index contributed by atoms with van der Waals surface area (Å²) < 4.78 is 5.53. The van der Waals surface area contributed by atoms with E-state index < -0.39 is 0 Å². The van der Waals surface area contributed by atoms with Crippen LogP contribution in [0.3, 0.4) is 0 Å². The standard InChI is InChI=1S/C16H19Br3N4/c17-11-8-4-3-7-23-15(8)14(13(19)12(11)18)22-16(23)21-10-6-2-1-5-9(10)20/h9-10H,1-7,20H2,(H,21,22)/t9-,10-/m1/s1. The highest BCUT2D eigenvalue weighted by Crippen LogP contribution is 2.43. The second kappa shape index (κ2) is 6.32. The van der Waals surface area contributed by atoms with Gasteiger partial charge in [0, 0.05) is 27.6 Å². The summed E-state index contributed by atoms with van der Waals surface area (Å²) >= 11 is 11.1. The summed E-state index contributed by atoms with van der Waals surface area (Å²) in [5.41, 5.74) is 9.92. The van der Waals surface area contributed by atoms with Gasteiger partial charge in [0.1, 0.15) is 5.52 Å². The first-order valence-electron chi connectivity index (χ1n) is 8.15. The summed E-state index contributed by atoms with van der Waals surface area (Å²) in [5, 5.41) is 3.64. The molecule has 4 nitrogen and oxygen atoms in total. The minimum atomic E-state index is 0.223. The predicted octanol–water partition coefficient (Wildman–Crippen LogP) is 4.95. The van der Waals surface area contributed by atoms with Gasteiger partial charge in [0.25, 0.3) is 0 Å². The lowest BCUT2D eigenvalue weighted by molar-refractivity contribution is 0.401. The molecule has 0 radical (unpaired) electrons. The molecular formula is C16H19Br3N4. The van der Waals surface area contributed by atoms with E-state index in [0.717, 1.165) is 57.1 Å². The van der Waals surface area contributed by atoms with Crippen molar-refractivity contribution in [3.05, 3.63) is 19.0 Å². The SMILES string of the molecule is N[C@@H]1CCCC[C@H]1Nc1nc2c(Br)c(Br)c(Br)c3c2n1CCC3. The van der Waals surface area contributed by atoms with E-state index in [1.807, 2.05) is 0 Å². The molecule has 1 saturated carbocycles. The van der Waals surface area contributed by atoms with Gasteiger partial charge >= 0.3 is 0 Å². The first kappa shape index (κ1) is 16.4. The Bertz CT molecular complexity index is 771.